The third-order valence-corrected chi connectivity index (χ3v) is 7.29. The molecule has 194 valence electrons. The fourth-order valence-corrected chi connectivity index (χ4v) is 5.04. The highest BCUT2D eigenvalue weighted by Gasteiger charge is 2.57. The number of amides is 1. The maximum Gasteiger partial charge on any atom is 0.403 e. The van der Waals surface area contributed by atoms with Gasteiger partial charge in [0, 0.05) is 24.3 Å². The molecule has 0 bridgehead atoms. The van der Waals surface area contributed by atoms with Gasteiger partial charge in [-0.25, -0.2) is 9.65 Å². The van der Waals surface area contributed by atoms with E-state index >= 15 is 0 Å². The standard InChI is InChI=1S/C22H33N4O8P/c1-6-15-9-19(28)26(8-7-17(15)24)21-22(5,12-23)16(10-27)18(34-21)11-32-35(30,31)25-14(4)20(29)33-13(2)3/h7-8,10,13-16,18,21,24H,6,9,11H2,1-5H3,(H2,25,30,31). The number of nitriles is 1. The van der Waals surface area contributed by atoms with Gasteiger partial charge in [-0.2, -0.15) is 5.26 Å². The van der Waals surface area contributed by atoms with Crippen molar-refractivity contribution < 1.29 is 37.8 Å². The molecule has 2 aliphatic rings. The number of ether oxygens (including phenoxy) is 2. The van der Waals surface area contributed by atoms with Crippen molar-refractivity contribution in [1.82, 2.24) is 9.99 Å². The predicted molar refractivity (Wildman–Crippen MR) is 124 cm³/mol. The topological polar surface area (TPSA) is 179 Å². The minimum atomic E-state index is -4.53. The van der Waals surface area contributed by atoms with Gasteiger partial charge >= 0.3 is 13.7 Å². The van der Waals surface area contributed by atoms with Crippen molar-refractivity contribution in [3.8, 4) is 6.07 Å². The zero-order valence-electron chi connectivity index (χ0n) is 20.5. The molecule has 3 N–H and O–H groups in total. The normalized spacial score (nSPS) is 31.5. The van der Waals surface area contributed by atoms with Gasteiger partial charge in [-0.1, -0.05) is 6.92 Å². The lowest BCUT2D eigenvalue weighted by molar-refractivity contribution is -0.149. The first-order valence-corrected chi connectivity index (χ1v) is 12.9. The van der Waals surface area contributed by atoms with Gasteiger partial charge in [0.15, 0.2) is 6.23 Å². The summed E-state index contributed by atoms with van der Waals surface area (Å²) in [5.41, 5.74) is -1.23. The monoisotopic (exact) mass is 512 g/mol. The van der Waals surface area contributed by atoms with Gasteiger partial charge in [-0.05, 0) is 40.2 Å². The maximum atomic E-state index is 12.9. The third kappa shape index (κ3) is 6.63. The molecular weight excluding hydrogens is 479 g/mol. The van der Waals surface area contributed by atoms with Crippen LogP contribution in [0, 0.1) is 34.0 Å². The molecule has 2 rings (SSSR count). The van der Waals surface area contributed by atoms with Crippen molar-refractivity contribution in [3.05, 3.63) is 12.3 Å². The number of hydrogen-bond donors (Lipinski definition) is 3. The molecule has 1 fully saturated rings. The van der Waals surface area contributed by atoms with Crippen molar-refractivity contribution in [2.75, 3.05) is 6.61 Å². The first-order chi connectivity index (χ1) is 16.3. The van der Waals surface area contributed by atoms with Crippen LogP contribution in [-0.4, -0.2) is 64.8 Å². The number of nitrogens with zero attached hydrogens (tertiary/aromatic N) is 2. The van der Waals surface area contributed by atoms with E-state index < -0.39 is 56.1 Å². The number of carbonyl (C=O) groups excluding carboxylic acids is 3. The van der Waals surface area contributed by atoms with Crippen LogP contribution in [-0.2, 0) is 32.9 Å². The van der Waals surface area contributed by atoms with Crippen LogP contribution < -0.4 is 5.09 Å². The van der Waals surface area contributed by atoms with E-state index in [1.54, 1.807) is 13.8 Å². The van der Waals surface area contributed by atoms with E-state index in [4.69, 9.17) is 19.4 Å². The van der Waals surface area contributed by atoms with E-state index in [0.717, 1.165) is 0 Å². The van der Waals surface area contributed by atoms with E-state index in [1.807, 2.05) is 6.92 Å². The van der Waals surface area contributed by atoms with Crippen LogP contribution in [0.15, 0.2) is 12.3 Å². The lowest BCUT2D eigenvalue weighted by atomic mass is 9.77. The first kappa shape index (κ1) is 28.8. The molecule has 0 aliphatic carbocycles. The number of allylic oxidation sites excluding steroid dienone is 1. The number of hydrogen-bond acceptors (Lipinski definition) is 9. The second-order valence-electron chi connectivity index (χ2n) is 9.12. The highest BCUT2D eigenvalue weighted by molar-refractivity contribution is 7.50. The van der Waals surface area contributed by atoms with Gasteiger partial charge in [0.2, 0.25) is 5.91 Å². The molecule has 13 heteroatoms. The summed E-state index contributed by atoms with van der Waals surface area (Å²) < 4.78 is 28.5. The Morgan fingerprint density at radius 2 is 2.17 bits per heavy atom. The van der Waals surface area contributed by atoms with E-state index in [-0.39, 0.29) is 24.0 Å². The SMILES string of the molecule is CCC1CC(=O)N(C2OC(COP(=O)(O)NC(C)C(=O)OC(C)C)C(C=O)C2(C)C#N)C=CC1=N. The van der Waals surface area contributed by atoms with Gasteiger partial charge in [0.05, 0.1) is 30.8 Å². The molecule has 0 aromatic rings. The van der Waals surface area contributed by atoms with E-state index in [1.165, 1.54) is 31.0 Å². The summed E-state index contributed by atoms with van der Waals surface area (Å²) in [6, 6.07) is 0.903. The van der Waals surface area contributed by atoms with Crippen LogP contribution in [0.5, 0.6) is 0 Å². The molecule has 7 atom stereocenters. The van der Waals surface area contributed by atoms with Crippen LogP contribution >= 0.6 is 7.75 Å². The molecular formula is C22H33N4O8P. The lowest BCUT2D eigenvalue weighted by Gasteiger charge is -2.32. The number of aldehydes is 1. The van der Waals surface area contributed by atoms with Gasteiger partial charge < -0.3 is 24.6 Å². The smallest absolute Gasteiger partial charge is 0.403 e. The average Bonchev–Trinajstić information content (AvgIpc) is 2.98. The lowest BCUT2D eigenvalue weighted by Crippen LogP contribution is -2.46. The summed E-state index contributed by atoms with van der Waals surface area (Å²) in [6.07, 6.45) is 1.21. The molecule has 0 saturated carbocycles. The van der Waals surface area contributed by atoms with Crippen molar-refractivity contribution in [3.63, 3.8) is 0 Å². The molecule has 0 aromatic carbocycles. The number of carbonyl (C=O) groups is 3. The Hall–Kier alpha value is -2.42. The molecule has 1 saturated heterocycles. The predicted octanol–water partition coefficient (Wildman–Crippen LogP) is 1.89. The van der Waals surface area contributed by atoms with Gasteiger partial charge in [-0.15, -0.1) is 0 Å². The van der Waals surface area contributed by atoms with E-state index in [0.29, 0.717) is 12.7 Å². The Morgan fingerprint density at radius 3 is 2.71 bits per heavy atom. The molecule has 2 heterocycles. The number of rotatable bonds is 10. The van der Waals surface area contributed by atoms with Crippen LogP contribution in [0.1, 0.15) is 47.5 Å². The Kier molecular flexibility index (Phi) is 9.50. The number of esters is 1. The third-order valence-electron chi connectivity index (χ3n) is 6.08. The maximum absolute atomic E-state index is 12.9. The molecule has 35 heavy (non-hydrogen) atoms. The Labute approximate surface area is 204 Å². The summed E-state index contributed by atoms with van der Waals surface area (Å²) in [4.78, 5) is 48.2. The van der Waals surface area contributed by atoms with Crippen LogP contribution in [0.4, 0.5) is 0 Å². The van der Waals surface area contributed by atoms with Crippen molar-refractivity contribution in [2.45, 2.75) is 71.9 Å². The molecule has 1 amide bonds. The minimum Gasteiger partial charge on any atom is -0.462 e. The molecule has 0 aromatic heterocycles. The number of nitrogens with one attached hydrogen (secondary N) is 2. The molecule has 7 unspecified atom stereocenters. The summed E-state index contributed by atoms with van der Waals surface area (Å²) in [5, 5.41) is 20.2. The average molecular weight is 513 g/mol. The largest absolute Gasteiger partial charge is 0.462 e. The van der Waals surface area contributed by atoms with Crippen LogP contribution in [0.3, 0.4) is 0 Å². The first-order valence-electron chi connectivity index (χ1n) is 11.3. The van der Waals surface area contributed by atoms with E-state index in [2.05, 4.69) is 11.2 Å². The van der Waals surface area contributed by atoms with Crippen LogP contribution in [0.25, 0.3) is 0 Å². The summed E-state index contributed by atoms with van der Waals surface area (Å²) in [7, 11) is -4.53. The zero-order valence-corrected chi connectivity index (χ0v) is 21.4. The highest BCUT2D eigenvalue weighted by Crippen LogP contribution is 2.46. The molecule has 0 spiro atoms. The second-order valence-corrected chi connectivity index (χ2v) is 10.7. The molecule has 0 radical (unpaired) electrons. The highest BCUT2D eigenvalue weighted by atomic mass is 31.2. The summed E-state index contributed by atoms with van der Waals surface area (Å²) in [5.74, 6) is -2.50. The minimum absolute atomic E-state index is 0.0384. The fraction of sp³-hybridized carbons (Fsp3) is 0.682. The summed E-state index contributed by atoms with van der Waals surface area (Å²) >= 11 is 0. The van der Waals surface area contributed by atoms with Crippen molar-refractivity contribution >= 4 is 31.6 Å². The molecule has 12 nitrogen and oxygen atoms in total. The fourth-order valence-electron chi connectivity index (χ4n) is 4.02. The van der Waals surface area contributed by atoms with E-state index in [9.17, 15) is 29.1 Å². The molecule has 2 aliphatic heterocycles. The Morgan fingerprint density at radius 1 is 1.51 bits per heavy atom. The quantitative estimate of drug-likeness (QED) is 0.222. The Balaban J connectivity index is 2.19. The van der Waals surface area contributed by atoms with Crippen molar-refractivity contribution in [2.24, 2.45) is 17.3 Å². The van der Waals surface area contributed by atoms with Gasteiger partial charge in [-0.3, -0.25) is 19.0 Å². The zero-order chi connectivity index (χ0) is 26.6. The van der Waals surface area contributed by atoms with Gasteiger partial charge in [0.1, 0.15) is 17.7 Å². The van der Waals surface area contributed by atoms with Crippen molar-refractivity contribution in [1.29, 1.82) is 10.7 Å². The Bertz CT molecular complexity index is 964. The van der Waals surface area contributed by atoms with Gasteiger partial charge in [0.25, 0.3) is 0 Å². The van der Waals surface area contributed by atoms with Crippen LogP contribution in [0.2, 0.25) is 0 Å². The second kappa shape index (κ2) is 11.5. The summed E-state index contributed by atoms with van der Waals surface area (Å²) in [6.45, 7) is 7.36.